The molecule has 1 fully saturated rings. The van der Waals surface area contributed by atoms with Crippen LogP contribution in [0.3, 0.4) is 0 Å². The Bertz CT molecular complexity index is 579. The van der Waals surface area contributed by atoms with Crippen LogP contribution in [0, 0.1) is 5.92 Å². The molecule has 3 nitrogen and oxygen atoms in total. The first-order chi connectivity index (χ1) is 9.83. The Morgan fingerprint density at radius 2 is 1.95 bits per heavy atom. The molecule has 20 heavy (non-hydrogen) atoms. The summed E-state index contributed by atoms with van der Waals surface area (Å²) in [6.45, 7) is 2.24. The number of aromatic nitrogens is 2. The lowest BCUT2D eigenvalue weighted by Gasteiger charge is -2.21. The molecule has 0 bridgehead atoms. The number of rotatable bonds is 3. The van der Waals surface area contributed by atoms with E-state index in [0.717, 1.165) is 41.1 Å². The van der Waals surface area contributed by atoms with Crippen LogP contribution in [-0.4, -0.2) is 23.1 Å². The Morgan fingerprint density at radius 3 is 2.75 bits per heavy atom. The molecule has 0 unspecified atom stereocenters. The van der Waals surface area contributed by atoms with Gasteiger partial charge in [0.15, 0.2) is 0 Å². The average molecular weight is 332 g/mol. The van der Waals surface area contributed by atoms with Gasteiger partial charge in [-0.05, 0) is 44.0 Å². The fraction of sp³-hybridized carbons (Fsp3) is 0.375. The first-order valence-electron chi connectivity index (χ1n) is 7.10. The zero-order valence-corrected chi connectivity index (χ0v) is 12.9. The summed E-state index contributed by atoms with van der Waals surface area (Å²) in [5.41, 5.74) is 2.12. The molecule has 2 heterocycles. The molecule has 1 aliphatic heterocycles. The predicted octanol–water partition coefficient (Wildman–Crippen LogP) is 3.45. The number of benzene rings is 1. The van der Waals surface area contributed by atoms with E-state index in [1.807, 2.05) is 30.5 Å². The number of halogens is 1. The maximum Gasteiger partial charge on any atom is 0.129 e. The summed E-state index contributed by atoms with van der Waals surface area (Å²) in [5, 5.41) is 3.40. The van der Waals surface area contributed by atoms with Crippen molar-refractivity contribution in [3.63, 3.8) is 0 Å². The maximum atomic E-state index is 4.74. The maximum absolute atomic E-state index is 4.74. The van der Waals surface area contributed by atoms with Gasteiger partial charge in [0.05, 0.1) is 5.69 Å². The van der Waals surface area contributed by atoms with Gasteiger partial charge in [0.2, 0.25) is 0 Å². The molecule has 0 spiro atoms. The SMILES string of the molecule is Brc1ccccc1-c1ccnc(CC2CCNCC2)n1. The number of hydrogen-bond donors (Lipinski definition) is 1. The van der Waals surface area contributed by atoms with Crippen molar-refractivity contribution in [3.8, 4) is 11.3 Å². The van der Waals surface area contributed by atoms with Crippen molar-refractivity contribution in [2.45, 2.75) is 19.3 Å². The molecule has 1 aromatic carbocycles. The molecule has 104 valence electrons. The van der Waals surface area contributed by atoms with Crippen molar-refractivity contribution in [1.82, 2.24) is 15.3 Å². The van der Waals surface area contributed by atoms with Gasteiger partial charge in [-0.2, -0.15) is 0 Å². The van der Waals surface area contributed by atoms with Gasteiger partial charge in [0, 0.05) is 22.7 Å². The molecule has 1 aromatic heterocycles. The van der Waals surface area contributed by atoms with Crippen LogP contribution in [0.1, 0.15) is 18.7 Å². The monoisotopic (exact) mass is 331 g/mol. The second-order valence-corrected chi connectivity index (χ2v) is 6.09. The average Bonchev–Trinajstić information content (AvgIpc) is 2.49. The summed E-state index contributed by atoms with van der Waals surface area (Å²) in [6.07, 6.45) is 5.31. The molecule has 0 aliphatic carbocycles. The number of piperidine rings is 1. The summed E-state index contributed by atoms with van der Waals surface area (Å²) in [5.74, 6) is 1.68. The van der Waals surface area contributed by atoms with Gasteiger partial charge in [-0.15, -0.1) is 0 Å². The van der Waals surface area contributed by atoms with E-state index in [0.29, 0.717) is 5.92 Å². The fourth-order valence-corrected chi connectivity index (χ4v) is 3.15. The number of nitrogens with one attached hydrogen (secondary N) is 1. The Kier molecular flexibility index (Phi) is 4.43. The van der Waals surface area contributed by atoms with Gasteiger partial charge >= 0.3 is 0 Å². The van der Waals surface area contributed by atoms with Gasteiger partial charge in [0.25, 0.3) is 0 Å². The highest BCUT2D eigenvalue weighted by Crippen LogP contribution is 2.26. The lowest BCUT2D eigenvalue weighted by Crippen LogP contribution is -2.29. The van der Waals surface area contributed by atoms with Crippen molar-refractivity contribution in [2.24, 2.45) is 5.92 Å². The van der Waals surface area contributed by atoms with Crippen LogP contribution >= 0.6 is 15.9 Å². The van der Waals surface area contributed by atoms with E-state index in [4.69, 9.17) is 4.98 Å². The van der Waals surface area contributed by atoms with Crippen LogP contribution in [0.4, 0.5) is 0 Å². The van der Waals surface area contributed by atoms with Gasteiger partial charge in [-0.25, -0.2) is 9.97 Å². The van der Waals surface area contributed by atoms with Gasteiger partial charge in [-0.3, -0.25) is 0 Å². The van der Waals surface area contributed by atoms with Crippen molar-refractivity contribution in [1.29, 1.82) is 0 Å². The second kappa shape index (κ2) is 6.46. The lowest BCUT2D eigenvalue weighted by molar-refractivity contribution is 0.367. The molecule has 0 atom stereocenters. The third-order valence-electron chi connectivity index (χ3n) is 3.79. The quantitative estimate of drug-likeness (QED) is 0.936. The fourth-order valence-electron chi connectivity index (χ4n) is 2.66. The molecular weight excluding hydrogens is 314 g/mol. The topological polar surface area (TPSA) is 37.8 Å². The summed E-state index contributed by atoms with van der Waals surface area (Å²) in [6, 6.07) is 10.2. The molecule has 4 heteroatoms. The molecule has 1 aliphatic rings. The highest BCUT2D eigenvalue weighted by molar-refractivity contribution is 9.10. The van der Waals surface area contributed by atoms with Crippen molar-refractivity contribution < 1.29 is 0 Å². The zero-order valence-electron chi connectivity index (χ0n) is 11.3. The number of hydrogen-bond acceptors (Lipinski definition) is 3. The van der Waals surface area contributed by atoms with E-state index in [2.05, 4.69) is 32.3 Å². The Hall–Kier alpha value is -1.26. The Balaban J connectivity index is 1.80. The minimum absolute atomic E-state index is 0.714. The minimum Gasteiger partial charge on any atom is -0.317 e. The molecule has 1 saturated heterocycles. The second-order valence-electron chi connectivity index (χ2n) is 5.24. The molecule has 1 N–H and O–H groups in total. The lowest BCUT2D eigenvalue weighted by atomic mass is 9.94. The van der Waals surface area contributed by atoms with E-state index < -0.39 is 0 Å². The van der Waals surface area contributed by atoms with Crippen molar-refractivity contribution in [2.75, 3.05) is 13.1 Å². The minimum atomic E-state index is 0.714. The molecule has 2 aromatic rings. The zero-order chi connectivity index (χ0) is 13.8. The summed E-state index contributed by atoms with van der Waals surface area (Å²) < 4.78 is 1.08. The van der Waals surface area contributed by atoms with Crippen LogP contribution in [0.2, 0.25) is 0 Å². The molecule has 0 amide bonds. The predicted molar refractivity (Wildman–Crippen MR) is 84.5 cm³/mol. The highest BCUT2D eigenvalue weighted by Gasteiger charge is 2.15. The largest absolute Gasteiger partial charge is 0.317 e. The van der Waals surface area contributed by atoms with Crippen LogP contribution in [0.25, 0.3) is 11.3 Å². The van der Waals surface area contributed by atoms with Gasteiger partial charge < -0.3 is 5.32 Å². The normalized spacial score (nSPS) is 16.2. The molecule has 3 rings (SSSR count). The number of nitrogens with zero attached hydrogens (tertiary/aromatic N) is 2. The van der Waals surface area contributed by atoms with Gasteiger partial charge in [0.1, 0.15) is 5.82 Å². The van der Waals surface area contributed by atoms with E-state index in [9.17, 15) is 0 Å². The Labute approximate surface area is 128 Å². The third kappa shape index (κ3) is 3.25. The molecule has 0 radical (unpaired) electrons. The van der Waals surface area contributed by atoms with Gasteiger partial charge in [-0.1, -0.05) is 34.1 Å². The summed E-state index contributed by atoms with van der Waals surface area (Å²) >= 11 is 3.59. The van der Waals surface area contributed by atoms with E-state index >= 15 is 0 Å². The highest BCUT2D eigenvalue weighted by atomic mass is 79.9. The smallest absolute Gasteiger partial charge is 0.129 e. The standard InChI is InChI=1S/C16H18BrN3/c17-14-4-2-1-3-13(14)15-7-10-19-16(20-15)11-12-5-8-18-9-6-12/h1-4,7,10,12,18H,5-6,8-9,11H2. The van der Waals surface area contributed by atoms with Crippen molar-refractivity contribution in [3.05, 3.63) is 46.8 Å². The van der Waals surface area contributed by atoms with E-state index in [1.54, 1.807) is 0 Å². The Morgan fingerprint density at radius 1 is 1.15 bits per heavy atom. The molecule has 0 saturated carbocycles. The van der Waals surface area contributed by atoms with Crippen molar-refractivity contribution >= 4 is 15.9 Å². The van der Waals surface area contributed by atoms with Crippen LogP contribution in [-0.2, 0) is 6.42 Å². The first-order valence-corrected chi connectivity index (χ1v) is 7.90. The van der Waals surface area contributed by atoms with E-state index in [-0.39, 0.29) is 0 Å². The summed E-state index contributed by atoms with van der Waals surface area (Å²) in [4.78, 5) is 9.18. The van der Waals surface area contributed by atoms with E-state index in [1.165, 1.54) is 12.8 Å². The van der Waals surface area contributed by atoms with Crippen LogP contribution in [0.5, 0.6) is 0 Å². The molecular formula is C16H18BrN3. The summed E-state index contributed by atoms with van der Waals surface area (Å²) in [7, 11) is 0. The van der Waals surface area contributed by atoms with Crippen LogP contribution < -0.4 is 5.32 Å². The van der Waals surface area contributed by atoms with Crippen LogP contribution in [0.15, 0.2) is 41.0 Å². The third-order valence-corrected chi connectivity index (χ3v) is 4.48. The first kappa shape index (κ1) is 13.7.